The molecule has 61 heavy (non-hydrogen) atoms. The fourth-order valence-electron chi connectivity index (χ4n) is 7.19. The van der Waals surface area contributed by atoms with Gasteiger partial charge in [0.1, 0.15) is 12.0 Å². The summed E-state index contributed by atoms with van der Waals surface area (Å²) in [6.07, 6.45) is 1.37. The normalized spacial score (nSPS) is 13.9. The summed E-state index contributed by atoms with van der Waals surface area (Å²) in [7, 11) is -2.62. The minimum absolute atomic E-state index is 0.0296. The van der Waals surface area contributed by atoms with Crippen LogP contribution in [0.25, 0.3) is 22.0 Å². The Balaban J connectivity index is 1.04. The number of carbonyl (C=O) groups is 1. The molecule has 1 aliphatic rings. The van der Waals surface area contributed by atoms with Crippen LogP contribution in [0.2, 0.25) is 5.02 Å². The fourth-order valence-corrected chi connectivity index (χ4v) is 9.37. The number of nitro groups is 1. The highest BCUT2D eigenvalue weighted by molar-refractivity contribution is 7.99. The number of carbonyl (C=O) groups excluding carboxylic acids is 1. The lowest BCUT2D eigenvalue weighted by molar-refractivity contribution is -0.384. The van der Waals surface area contributed by atoms with Crippen molar-refractivity contribution in [1.29, 1.82) is 0 Å². The summed E-state index contributed by atoms with van der Waals surface area (Å²) in [5, 5.41) is 16.8. The van der Waals surface area contributed by atoms with Gasteiger partial charge in [-0.15, -0.1) is 11.8 Å². The van der Waals surface area contributed by atoms with E-state index >= 15 is 0 Å². The highest BCUT2D eigenvalue weighted by atomic mass is 35.5. The van der Waals surface area contributed by atoms with E-state index in [2.05, 4.69) is 48.0 Å². The van der Waals surface area contributed by atoms with Gasteiger partial charge in [-0.25, -0.2) is 18.4 Å². The first kappa shape index (κ1) is 43.4. The molecule has 0 saturated carbocycles. The Morgan fingerprint density at radius 1 is 0.918 bits per heavy atom. The van der Waals surface area contributed by atoms with Crippen molar-refractivity contribution in [2.45, 2.75) is 48.7 Å². The van der Waals surface area contributed by atoms with Gasteiger partial charge in [0.2, 0.25) is 5.91 Å². The van der Waals surface area contributed by atoms with Gasteiger partial charge >= 0.3 is 0 Å². The van der Waals surface area contributed by atoms with Gasteiger partial charge in [0.15, 0.2) is 5.82 Å². The van der Waals surface area contributed by atoms with E-state index in [4.69, 9.17) is 11.6 Å². The van der Waals surface area contributed by atoms with Crippen molar-refractivity contribution in [3.05, 3.63) is 142 Å². The van der Waals surface area contributed by atoms with Gasteiger partial charge in [0, 0.05) is 91.1 Å². The number of nitrogens with zero attached hydrogens (tertiary/aromatic N) is 6. The number of nitrogens with one attached hydrogen (secondary N) is 2. The fraction of sp³-hybridized carbons (Fsp3) is 0.267. The predicted molar refractivity (Wildman–Crippen MR) is 245 cm³/mol. The number of amides is 1. The molecule has 0 unspecified atom stereocenters. The van der Waals surface area contributed by atoms with Gasteiger partial charge in [-0.1, -0.05) is 66.2 Å². The summed E-state index contributed by atoms with van der Waals surface area (Å²) in [5.41, 5.74) is 4.64. The van der Waals surface area contributed by atoms with Crippen LogP contribution in [0.3, 0.4) is 0 Å². The third kappa shape index (κ3) is 10.8. The lowest BCUT2D eigenvalue weighted by Crippen LogP contribution is -2.46. The number of hydrogen-bond acceptors (Lipinski definition) is 11. The molecule has 316 valence electrons. The second-order valence-corrected chi connectivity index (χ2v) is 18.4. The van der Waals surface area contributed by atoms with Crippen molar-refractivity contribution in [3.8, 4) is 11.1 Å². The number of piperazine rings is 1. The molecule has 6 aromatic rings. The zero-order chi connectivity index (χ0) is 43.1. The molecule has 0 spiro atoms. The maximum atomic E-state index is 13.8. The Morgan fingerprint density at radius 3 is 2.34 bits per heavy atom. The maximum absolute atomic E-state index is 13.8. The van der Waals surface area contributed by atoms with Crippen LogP contribution in [0.1, 0.15) is 25.8 Å². The third-order valence-corrected chi connectivity index (χ3v) is 13.5. The summed E-state index contributed by atoms with van der Waals surface area (Å²) >= 11 is 7.94. The monoisotopic (exact) mass is 878 g/mol. The largest absolute Gasteiger partial charge is 0.375 e. The van der Waals surface area contributed by atoms with Gasteiger partial charge in [-0.2, -0.15) is 0 Å². The zero-order valence-corrected chi connectivity index (χ0v) is 36.5. The minimum Gasteiger partial charge on any atom is -0.375 e. The molecule has 1 aromatic heterocycles. The van der Waals surface area contributed by atoms with Crippen molar-refractivity contribution >= 4 is 73.1 Å². The topological polar surface area (TPSA) is 154 Å². The molecular weight excluding hydrogens is 832 g/mol. The zero-order valence-electron chi connectivity index (χ0n) is 34.1. The molecule has 1 fully saturated rings. The molecule has 5 aromatic carbocycles. The standard InChI is InChI=1S/C45H47ClN8O5S2/c1-31(2)51(3)44(55)25-35(29-60-37-12-8-5-9-13-37)49-41-19-16-38(27-43(41)54(56)57)61(58,59)50-45-40-18-15-36(26-42(40)47-30-48-45)53-22-20-52(21-23-53)28-33-24-34(46)14-17-39(33)32-10-6-4-7-11-32/h4-19,24,26-27,30-31,35,49H,20-23,25,28-29H2,1-3H3,(H,47,48,50)/t35-/m1/s1. The first-order chi connectivity index (χ1) is 29.3. The molecule has 2 N–H and O–H groups in total. The number of rotatable bonds is 16. The van der Waals surface area contributed by atoms with E-state index in [1.165, 1.54) is 35.8 Å². The second-order valence-electron chi connectivity index (χ2n) is 15.2. The lowest BCUT2D eigenvalue weighted by atomic mass is 9.99. The van der Waals surface area contributed by atoms with Crippen LogP contribution in [0.15, 0.2) is 131 Å². The highest BCUT2D eigenvalue weighted by Gasteiger charge is 2.27. The number of hydrogen-bond donors (Lipinski definition) is 2. The smallest absolute Gasteiger partial charge is 0.293 e. The summed E-state index contributed by atoms with van der Waals surface area (Å²) in [4.78, 5) is 40.6. The molecule has 1 atom stereocenters. The van der Waals surface area contributed by atoms with Crippen LogP contribution in [-0.4, -0.2) is 90.1 Å². The quantitative estimate of drug-likeness (QED) is 0.0545. The van der Waals surface area contributed by atoms with E-state index in [0.717, 1.165) is 60.5 Å². The van der Waals surface area contributed by atoms with Gasteiger partial charge in [0.25, 0.3) is 15.7 Å². The van der Waals surface area contributed by atoms with E-state index in [9.17, 15) is 23.3 Å². The molecule has 1 amide bonds. The Bertz CT molecular complexity index is 2610. The summed E-state index contributed by atoms with van der Waals surface area (Å²) in [5.74, 6) is 0.355. The molecule has 2 heterocycles. The third-order valence-electron chi connectivity index (χ3n) is 10.8. The van der Waals surface area contributed by atoms with Gasteiger partial charge < -0.3 is 15.1 Å². The Hall–Kier alpha value is -5.74. The van der Waals surface area contributed by atoms with Crippen molar-refractivity contribution < 1.29 is 18.1 Å². The van der Waals surface area contributed by atoms with Crippen molar-refractivity contribution in [2.24, 2.45) is 0 Å². The van der Waals surface area contributed by atoms with Gasteiger partial charge in [0.05, 0.1) is 15.3 Å². The van der Waals surface area contributed by atoms with Crippen LogP contribution >= 0.6 is 23.4 Å². The number of benzene rings is 5. The van der Waals surface area contributed by atoms with Gasteiger partial charge in [-0.3, -0.25) is 24.5 Å². The molecular formula is C45H47ClN8O5S2. The van der Waals surface area contributed by atoms with E-state index in [1.807, 2.05) is 86.6 Å². The number of thioether (sulfide) groups is 1. The first-order valence-electron chi connectivity index (χ1n) is 19.9. The van der Waals surface area contributed by atoms with E-state index in [0.29, 0.717) is 21.7 Å². The molecule has 7 rings (SSSR count). The molecule has 1 aliphatic heterocycles. The summed E-state index contributed by atoms with van der Waals surface area (Å²) in [6, 6.07) is 34.8. The number of halogens is 1. The van der Waals surface area contributed by atoms with Gasteiger partial charge in [-0.05, 0) is 85.1 Å². The van der Waals surface area contributed by atoms with Crippen LogP contribution < -0.4 is 14.9 Å². The molecule has 0 bridgehead atoms. The molecule has 1 saturated heterocycles. The minimum atomic E-state index is -4.34. The van der Waals surface area contributed by atoms with E-state index in [1.54, 1.807) is 18.0 Å². The molecule has 0 radical (unpaired) electrons. The number of sulfonamides is 1. The molecule has 0 aliphatic carbocycles. The maximum Gasteiger partial charge on any atom is 0.293 e. The number of nitro benzene ring substituents is 1. The molecule has 13 nitrogen and oxygen atoms in total. The van der Waals surface area contributed by atoms with E-state index < -0.39 is 26.7 Å². The number of fused-ring (bicyclic) bond motifs is 1. The van der Waals surface area contributed by atoms with Crippen LogP contribution in [-0.2, 0) is 21.4 Å². The predicted octanol–water partition coefficient (Wildman–Crippen LogP) is 8.81. The van der Waals surface area contributed by atoms with Crippen LogP contribution in [0, 0.1) is 10.1 Å². The Labute approximate surface area is 365 Å². The number of anilines is 3. The average molecular weight is 880 g/mol. The Kier molecular flexibility index (Phi) is 13.7. The summed E-state index contributed by atoms with van der Waals surface area (Å²) < 4.78 is 30.1. The van der Waals surface area contributed by atoms with Crippen molar-refractivity contribution in [3.63, 3.8) is 0 Å². The SMILES string of the molecule is CC(C)N(C)C(=O)C[C@H](CSc1ccccc1)Nc1ccc(S(=O)(=O)Nc2ncnc3cc(N4CCN(Cc5cc(Cl)ccc5-c5ccccc5)CC4)ccc23)cc1[N+](=O)[O-]. The Morgan fingerprint density at radius 2 is 1.64 bits per heavy atom. The lowest BCUT2D eigenvalue weighted by Gasteiger charge is -2.36. The van der Waals surface area contributed by atoms with E-state index in [-0.39, 0.29) is 34.8 Å². The number of aromatic nitrogens is 2. The van der Waals surface area contributed by atoms with Crippen molar-refractivity contribution in [1.82, 2.24) is 19.8 Å². The van der Waals surface area contributed by atoms with Crippen molar-refractivity contribution in [2.75, 3.05) is 53.9 Å². The highest BCUT2D eigenvalue weighted by Crippen LogP contribution is 2.33. The van der Waals surface area contributed by atoms with Crippen LogP contribution in [0.5, 0.6) is 0 Å². The van der Waals surface area contributed by atoms with Crippen LogP contribution in [0.4, 0.5) is 22.9 Å². The first-order valence-corrected chi connectivity index (χ1v) is 22.8. The average Bonchev–Trinajstić information content (AvgIpc) is 3.26. The molecule has 16 heteroatoms. The summed E-state index contributed by atoms with van der Waals surface area (Å²) in [6.45, 7) is 7.80. The second kappa shape index (κ2) is 19.3.